The molecule has 1 rings (SSSR count). The molecule has 1 atom stereocenters. The van der Waals surface area contributed by atoms with Gasteiger partial charge in [0, 0.05) is 13.2 Å². The summed E-state index contributed by atoms with van der Waals surface area (Å²) >= 11 is 0. The molecule has 0 fully saturated rings. The molecule has 0 aliphatic rings. The molecule has 1 heterocycles. The van der Waals surface area contributed by atoms with E-state index in [1.54, 1.807) is 10.9 Å². The zero-order chi connectivity index (χ0) is 12.3. The fraction of sp³-hybridized carbons (Fsp3) is 0.636. The SMILES string of the molecule is CCc1nn(C)cc1NC(=O)[C@@H](N)C(C)C. The first-order valence-corrected chi connectivity index (χ1v) is 5.54. The zero-order valence-electron chi connectivity index (χ0n) is 10.3. The second-order valence-electron chi connectivity index (χ2n) is 4.28. The van der Waals surface area contributed by atoms with E-state index >= 15 is 0 Å². The molecule has 0 aliphatic carbocycles. The number of hydrogen-bond acceptors (Lipinski definition) is 3. The van der Waals surface area contributed by atoms with Crippen LogP contribution in [0.25, 0.3) is 0 Å². The fourth-order valence-electron chi connectivity index (χ4n) is 1.42. The van der Waals surface area contributed by atoms with Gasteiger partial charge in [0.1, 0.15) is 0 Å². The lowest BCUT2D eigenvalue weighted by molar-refractivity contribution is -0.118. The van der Waals surface area contributed by atoms with Gasteiger partial charge in [0.15, 0.2) is 0 Å². The van der Waals surface area contributed by atoms with Crippen LogP contribution in [-0.2, 0) is 18.3 Å². The lowest BCUT2D eigenvalue weighted by atomic mass is 10.0. The van der Waals surface area contributed by atoms with Crippen LogP contribution >= 0.6 is 0 Å². The lowest BCUT2D eigenvalue weighted by Crippen LogP contribution is -2.39. The number of aromatic nitrogens is 2. The Morgan fingerprint density at radius 1 is 1.62 bits per heavy atom. The van der Waals surface area contributed by atoms with Crippen LogP contribution in [0.2, 0.25) is 0 Å². The first-order valence-electron chi connectivity index (χ1n) is 5.54. The minimum Gasteiger partial charge on any atom is -0.322 e. The van der Waals surface area contributed by atoms with Crippen LogP contribution in [0.1, 0.15) is 26.5 Å². The lowest BCUT2D eigenvalue weighted by Gasteiger charge is -2.14. The minimum absolute atomic E-state index is 0.127. The number of hydrogen-bond donors (Lipinski definition) is 2. The molecular formula is C11H20N4O. The van der Waals surface area contributed by atoms with Crippen LogP contribution in [0.4, 0.5) is 5.69 Å². The smallest absolute Gasteiger partial charge is 0.241 e. The number of nitrogens with two attached hydrogens (primary N) is 1. The second kappa shape index (κ2) is 5.12. The molecule has 0 unspecified atom stereocenters. The maximum Gasteiger partial charge on any atom is 0.241 e. The number of amides is 1. The van der Waals surface area contributed by atoms with Crippen LogP contribution in [0.15, 0.2) is 6.20 Å². The van der Waals surface area contributed by atoms with Gasteiger partial charge in [0.2, 0.25) is 5.91 Å². The first kappa shape index (κ1) is 12.7. The van der Waals surface area contributed by atoms with Gasteiger partial charge in [-0.05, 0) is 12.3 Å². The van der Waals surface area contributed by atoms with Crippen molar-refractivity contribution in [3.8, 4) is 0 Å². The topological polar surface area (TPSA) is 72.9 Å². The predicted octanol–water partition coefficient (Wildman–Crippen LogP) is 0.904. The number of carbonyl (C=O) groups excluding carboxylic acids is 1. The van der Waals surface area contributed by atoms with Gasteiger partial charge >= 0.3 is 0 Å². The summed E-state index contributed by atoms with van der Waals surface area (Å²) in [7, 11) is 1.83. The maximum atomic E-state index is 11.8. The fourth-order valence-corrected chi connectivity index (χ4v) is 1.42. The number of aryl methyl sites for hydroxylation is 2. The summed E-state index contributed by atoms with van der Waals surface area (Å²) in [6, 6.07) is -0.482. The molecule has 0 aromatic carbocycles. The Morgan fingerprint density at radius 2 is 2.25 bits per heavy atom. The quantitative estimate of drug-likeness (QED) is 0.798. The standard InChI is InChI=1S/C11H20N4O/c1-5-8-9(6-15(4)14-8)13-11(16)10(12)7(2)3/h6-7,10H,5,12H2,1-4H3,(H,13,16)/t10-/m0/s1. The molecule has 0 saturated carbocycles. The monoisotopic (exact) mass is 224 g/mol. The molecule has 5 nitrogen and oxygen atoms in total. The summed E-state index contributed by atoms with van der Waals surface area (Å²) in [5, 5.41) is 7.06. The van der Waals surface area contributed by atoms with Crippen molar-refractivity contribution in [2.24, 2.45) is 18.7 Å². The van der Waals surface area contributed by atoms with Gasteiger partial charge in [-0.3, -0.25) is 9.48 Å². The van der Waals surface area contributed by atoms with Crippen LogP contribution in [0.5, 0.6) is 0 Å². The van der Waals surface area contributed by atoms with E-state index in [9.17, 15) is 4.79 Å². The summed E-state index contributed by atoms with van der Waals surface area (Å²) in [5.74, 6) is -0.0283. The summed E-state index contributed by atoms with van der Waals surface area (Å²) in [6.45, 7) is 5.85. The van der Waals surface area contributed by atoms with Crippen molar-refractivity contribution in [3.63, 3.8) is 0 Å². The molecule has 90 valence electrons. The molecule has 0 radical (unpaired) electrons. The Bertz CT molecular complexity index is 370. The molecular weight excluding hydrogens is 204 g/mol. The van der Waals surface area contributed by atoms with Crippen LogP contribution in [-0.4, -0.2) is 21.7 Å². The van der Waals surface area contributed by atoms with Gasteiger partial charge in [-0.2, -0.15) is 5.10 Å². The third-order valence-electron chi connectivity index (χ3n) is 2.52. The van der Waals surface area contributed by atoms with Crippen LogP contribution in [0, 0.1) is 5.92 Å². The molecule has 0 bridgehead atoms. The van der Waals surface area contributed by atoms with Gasteiger partial charge in [-0.1, -0.05) is 20.8 Å². The highest BCUT2D eigenvalue weighted by Gasteiger charge is 2.18. The number of rotatable bonds is 4. The largest absolute Gasteiger partial charge is 0.322 e. The average Bonchev–Trinajstić information content (AvgIpc) is 2.57. The van der Waals surface area contributed by atoms with Crippen molar-refractivity contribution >= 4 is 11.6 Å². The summed E-state index contributed by atoms with van der Waals surface area (Å²) in [5.41, 5.74) is 7.40. The van der Waals surface area contributed by atoms with E-state index in [4.69, 9.17) is 5.73 Å². The highest BCUT2D eigenvalue weighted by molar-refractivity contribution is 5.95. The summed E-state index contributed by atoms with van der Waals surface area (Å²) in [6.07, 6.45) is 2.58. The Hall–Kier alpha value is -1.36. The van der Waals surface area contributed by atoms with E-state index in [2.05, 4.69) is 10.4 Å². The minimum atomic E-state index is -0.482. The van der Waals surface area contributed by atoms with Crippen molar-refractivity contribution in [3.05, 3.63) is 11.9 Å². The average molecular weight is 224 g/mol. The Labute approximate surface area is 96.0 Å². The first-order chi connectivity index (χ1) is 7.45. The van der Waals surface area contributed by atoms with E-state index in [1.807, 2.05) is 27.8 Å². The second-order valence-corrected chi connectivity index (χ2v) is 4.28. The molecule has 0 aliphatic heterocycles. The molecule has 5 heteroatoms. The third kappa shape index (κ3) is 2.82. The van der Waals surface area contributed by atoms with Gasteiger partial charge in [0.05, 0.1) is 17.4 Å². The Kier molecular flexibility index (Phi) is 4.06. The number of anilines is 1. The highest BCUT2D eigenvalue weighted by Crippen LogP contribution is 2.14. The van der Waals surface area contributed by atoms with Crippen molar-refractivity contribution < 1.29 is 4.79 Å². The van der Waals surface area contributed by atoms with E-state index in [0.29, 0.717) is 0 Å². The van der Waals surface area contributed by atoms with Gasteiger partial charge < -0.3 is 11.1 Å². The number of nitrogens with one attached hydrogen (secondary N) is 1. The predicted molar refractivity (Wildman–Crippen MR) is 64.0 cm³/mol. The Balaban J connectivity index is 2.76. The molecule has 0 spiro atoms. The summed E-state index contributed by atoms with van der Waals surface area (Å²) in [4.78, 5) is 11.8. The van der Waals surface area contributed by atoms with Crippen LogP contribution < -0.4 is 11.1 Å². The molecule has 1 aromatic rings. The molecule has 16 heavy (non-hydrogen) atoms. The van der Waals surface area contributed by atoms with E-state index in [-0.39, 0.29) is 11.8 Å². The van der Waals surface area contributed by atoms with Gasteiger partial charge in [-0.15, -0.1) is 0 Å². The molecule has 0 saturated heterocycles. The Morgan fingerprint density at radius 3 is 2.75 bits per heavy atom. The van der Waals surface area contributed by atoms with Gasteiger partial charge in [-0.25, -0.2) is 0 Å². The van der Waals surface area contributed by atoms with Crippen molar-refractivity contribution in [2.45, 2.75) is 33.2 Å². The van der Waals surface area contributed by atoms with E-state index < -0.39 is 6.04 Å². The van der Waals surface area contributed by atoms with Gasteiger partial charge in [0.25, 0.3) is 0 Å². The van der Waals surface area contributed by atoms with Crippen molar-refractivity contribution in [1.29, 1.82) is 0 Å². The number of nitrogens with zero attached hydrogens (tertiary/aromatic N) is 2. The normalized spacial score (nSPS) is 12.9. The maximum absolute atomic E-state index is 11.8. The van der Waals surface area contributed by atoms with E-state index in [1.165, 1.54) is 0 Å². The zero-order valence-corrected chi connectivity index (χ0v) is 10.3. The molecule has 1 amide bonds. The third-order valence-corrected chi connectivity index (χ3v) is 2.52. The van der Waals surface area contributed by atoms with Crippen molar-refractivity contribution in [2.75, 3.05) is 5.32 Å². The van der Waals surface area contributed by atoms with E-state index in [0.717, 1.165) is 17.8 Å². The highest BCUT2D eigenvalue weighted by atomic mass is 16.2. The van der Waals surface area contributed by atoms with Crippen LogP contribution in [0.3, 0.4) is 0 Å². The molecule has 3 N–H and O–H groups in total. The molecule has 1 aromatic heterocycles. The number of carbonyl (C=O) groups is 1. The van der Waals surface area contributed by atoms with Crippen molar-refractivity contribution in [1.82, 2.24) is 9.78 Å². The summed E-state index contributed by atoms with van der Waals surface area (Å²) < 4.78 is 1.69.